The van der Waals surface area contributed by atoms with E-state index in [1.54, 1.807) is 6.20 Å². The Hall–Kier alpha value is -3.08. The van der Waals surface area contributed by atoms with Crippen molar-refractivity contribution in [3.63, 3.8) is 0 Å². The molecule has 0 saturated carbocycles. The van der Waals surface area contributed by atoms with Crippen molar-refractivity contribution in [1.82, 2.24) is 15.1 Å². The molecule has 0 saturated heterocycles. The molecule has 1 N–H and O–H groups in total. The number of hydrogen-bond acceptors (Lipinski definition) is 3. The lowest BCUT2D eigenvalue weighted by Gasteiger charge is -2.19. The largest absolute Gasteiger partial charge is 0.489 e. The molecule has 1 heterocycles. The smallest absolute Gasteiger partial charge is 0.251 e. The molecule has 0 atom stereocenters. The first-order valence-electron chi connectivity index (χ1n) is 10.00. The van der Waals surface area contributed by atoms with E-state index in [1.807, 2.05) is 53.3 Å². The van der Waals surface area contributed by atoms with E-state index in [1.165, 1.54) is 5.56 Å². The van der Waals surface area contributed by atoms with Crippen LogP contribution < -0.4 is 10.1 Å². The number of aryl methyl sites for hydroxylation is 1. The normalized spacial score (nSPS) is 11.3. The van der Waals surface area contributed by atoms with E-state index in [4.69, 9.17) is 4.74 Å². The van der Waals surface area contributed by atoms with Crippen LogP contribution in [-0.2, 0) is 18.6 Å². The van der Waals surface area contributed by atoms with E-state index in [9.17, 15) is 4.79 Å². The molecule has 3 rings (SSSR count). The monoisotopic (exact) mass is 391 g/mol. The van der Waals surface area contributed by atoms with Crippen molar-refractivity contribution in [3.05, 3.63) is 83.7 Å². The van der Waals surface area contributed by atoms with E-state index in [2.05, 4.69) is 43.3 Å². The molecule has 0 aliphatic rings. The van der Waals surface area contributed by atoms with Gasteiger partial charge in [0.05, 0.1) is 0 Å². The van der Waals surface area contributed by atoms with Crippen molar-refractivity contribution in [2.75, 3.05) is 6.54 Å². The quantitative estimate of drug-likeness (QED) is 0.572. The second-order valence-electron chi connectivity index (χ2n) is 8.14. The average molecular weight is 392 g/mol. The Morgan fingerprint density at radius 1 is 1.10 bits per heavy atom. The highest BCUT2D eigenvalue weighted by molar-refractivity contribution is 5.94. The number of carbonyl (C=O) groups is 1. The van der Waals surface area contributed by atoms with Crippen LogP contribution in [0.3, 0.4) is 0 Å². The summed E-state index contributed by atoms with van der Waals surface area (Å²) in [6.45, 7) is 8.40. The fourth-order valence-corrected chi connectivity index (χ4v) is 3.00. The first-order valence-corrected chi connectivity index (χ1v) is 10.00. The molecule has 1 aromatic heterocycles. The summed E-state index contributed by atoms with van der Waals surface area (Å²) in [4.78, 5) is 12.4. The Kier molecular flexibility index (Phi) is 6.70. The number of amides is 1. The van der Waals surface area contributed by atoms with Gasteiger partial charge in [0.2, 0.25) is 0 Å². The molecular weight excluding hydrogens is 362 g/mol. The molecule has 0 spiro atoms. The Labute approximate surface area is 172 Å². The molecule has 29 heavy (non-hydrogen) atoms. The van der Waals surface area contributed by atoms with Gasteiger partial charge in [0.25, 0.3) is 5.91 Å². The molecule has 0 radical (unpaired) electrons. The van der Waals surface area contributed by atoms with Crippen molar-refractivity contribution in [2.24, 2.45) is 0 Å². The minimum atomic E-state index is -0.0677. The number of nitrogens with zero attached hydrogens (tertiary/aromatic N) is 2. The second kappa shape index (κ2) is 9.41. The van der Waals surface area contributed by atoms with Gasteiger partial charge in [-0.3, -0.25) is 9.48 Å². The van der Waals surface area contributed by atoms with E-state index in [0.29, 0.717) is 18.7 Å². The highest BCUT2D eigenvalue weighted by Gasteiger charge is 2.13. The predicted octanol–water partition coefficient (Wildman–Crippen LogP) is 4.58. The summed E-state index contributed by atoms with van der Waals surface area (Å²) in [5.41, 5.74) is 3.01. The predicted molar refractivity (Wildman–Crippen MR) is 115 cm³/mol. The average Bonchev–Trinajstić information content (AvgIpc) is 3.23. The third-order valence-electron chi connectivity index (χ3n) is 4.72. The first kappa shape index (κ1) is 20.6. The maximum absolute atomic E-state index is 12.4. The molecule has 5 nitrogen and oxygen atoms in total. The van der Waals surface area contributed by atoms with Crippen molar-refractivity contribution in [3.8, 4) is 5.75 Å². The Bertz CT molecular complexity index is 910. The van der Waals surface area contributed by atoms with Gasteiger partial charge >= 0.3 is 0 Å². The van der Waals surface area contributed by atoms with Gasteiger partial charge in [-0.2, -0.15) is 5.10 Å². The molecule has 0 fully saturated rings. The van der Waals surface area contributed by atoms with Gasteiger partial charge in [-0.15, -0.1) is 0 Å². The standard InChI is InChI=1S/C24H29N3O2/c1-24(2,3)21-9-11-22(12-10-21)29-18-19-7-4-8-20(17-19)23(28)25-13-5-15-27-16-6-14-26-27/h4,6-12,14,16-17H,5,13,15,18H2,1-3H3,(H,25,28). The zero-order valence-electron chi connectivity index (χ0n) is 17.4. The topological polar surface area (TPSA) is 56.1 Å². The number of aromatic nitrogens is 2. The molecule has 0 aliphatic carbocycles. The maximum Gasteiger partial charge on any atom is 0.251 e. The van der Waals surface area contributed by atoms with Gasteiger partial charge in [0.15, 0.2) is 0 Å². The summed E-state index contributed by atoms with van der Waals surface area (Å²) < 4.78 is 7.75. The molecule has 0 aliphatic heterocycles. The summed E-state index contributed by atoms with van der Waals surface area (Å²) in [5.74, 6) is 0.758. The van der Waals surface area contributed by atoms with Crippen LogP contribution in [-0.4, -0.2) is 22.2 Å². The summed E-state index contributed by atoms with van der Waals surface area (Å²) in [6, 6.07) is 17.7. The molecular formula is C24H29N3O2. The van der Waals surface area contributed by atoms with E-state index >= 15 is 0 Å². The number of hydrogen-bond donors (Lipinski definition) is 1. The number of rotatable bonds is 8. The van der Waals surface area contributed by atoms with E-state index in [0.717, 1.165) is 24.3 Å². The molecule has 0 bridgehead atoms. The fraction of sp³-hybridized carbons (Fsp3) is 0.333. The van der Waals surface area contributed by atoms with Gasteiger partial charge in [0.1, 0.15) is 12.4 Å². The number of benzene rings is 2. The number of ether oxygens (including phenoxy) is 1. The van der Waals surface area contributed by atoms with Crippen molar-refractivity contribution in [2.45, 2.75) is 45.8 Å². The second-order valence-corrected chi connectivity index (χ2v) is 8.14. The third-order valence-corrected chi connectivity index (χ3v) is 4.72. The van der Waals surface area contributed by atoms with Crippen LogP contribution in [0.5, 0.6) is 5.75 Å². The van der Waals surface area contributed by atoms with Crippen LogP contribution in [0.25, 0.3) is 0 Å². The highest BCUT2D eigenvalue weighted by Crippen LogP contribution is 2.24. The van der Waals surface area contributed by atoms with Gasteiger partial charge in [-0.05, 0) is 53.3 Å². The summed E-state index contributed by atoms with van der Waals surface area (Å²) >= 11 is 0. The Balaban J connectivity index is 1.49. The van der Waals surface area contributed by atoms with Crippen molar-refractivity contribution in [1.29, 1.82) is 0 Å². The van der Waals surface area contributed by atoms with Crippen LogP contribution in [0.2, 0.25) is 0 Å². The molecule has 1 amide bonds. The van der Waals surface area contributed by atoms with Crippen LogP contribution in [0.4, 0.5) is 0 Å². The van der Waals surface area contributed by atoms with Crippen LogP contribution in [0.15, 0.2) is 67.0 Å². The lowest BCUT2D eigenvalue weighted by molar-refractivity contribution is 0.0952. The van der Waals surface area contributed by atoms with Gasteiger partial charge in [-0.25, -0.2) is 0 Å². The summed E-state index contributed by atoms with van der Waals surface area (Å²) in [7, 11) is 0. The number of nitrogens with one attached hydrogen (secondary N) is 1. The Morgan fingerprint density at radius 2 is 1.90 bits per heavy atom. The SMILES string of the molecule is CC(C)(C)c1ccc(OCc2cccc(C(=O)NCCCn3cccn3)c2)cc1. The summed E-state index contributed by atoms with van der Waals surface area (Å²) in [6.07, 6.45) is 4.51. The molecule has 2 aromatic carbocycles. The maximum atomic E-state index is 12.4. The third kappa shape index (κ3) is 6.21. The molecule has 152 valence electrons. The summed E-state index contributed by atoms with van der Waals surface area (Å²) in [5, 5.41) is 7.12. The minimum absolute atomic E-state index is 0.0677. The van der Waals surface area contributed by atoms with Gasteiger partial charge in [0, 0.05) is 31.0 Å². The van der Waals surface area contributed by atoms with Crippen molar-refractivity contribution >= 4 is 5.91 Å². The molecule has 5 heteroatoms. The van der Waals surface area contributed by atoms with Crippen molar-refractivity contribution < 1.29 is 9.53 Å². The molecule has 3 aromatic rings. The van der Waals surface area contributed by atoms with E-state index in [-0.39, 0.29) is 11.3 Å². The zero-order chi connectivity index (χ0) is 20.7. The van der Waals surface area contributed by atoms with Crippen LogP contribution in [0.1, 0.15) is 48.7 Å². The number of carbonyl (C=O) groups excluding carboxylic acids is 1. The molecule has 0 unspecified atom stereocenters. The first-order chi connectivity index (χ1) is 13.9. The fourth-order valence-electron chi connectivity index (χ4n) is 3.00. The highest BCUT2D eigenvalue weighted by atomic mass is 16.5. The van der Waals surface area contributed by atoms with Crippen LogP contribution in [0, 0.1) is 0 Å². The van der Waals surface area contributed by atoms with Crippen LogP contribution >= 0.6 is 0 Å². The minimum Gasteiger partial charge on any atom is -0.489 e. The zero-order valence-corrected chi connectivity index (χ0v) is 17.4. The lowest BCUT2D eigenvalue weighted by Crippen LogP contribution is -2.25. The Morgan fingerprint density at radius 3 is 2.59 bits per heavy atom. The van der Waals surface area contributed by atoms with Gasteiger partial charge < -0.3 is 10.1 Å². The van der Waals surface area contributed by atoms with Gasteiger partial charge in [-0.1, -0.05) is 45.0 Å². The lowest BCUT2D eigenvalue weighted by atomic mass is 9.87. The van der Waals surface area contributed by atoms with E-state index < -0.39 is 0 Å².